The van der Waals surface area contributed by atoms with Gasteiger partial charge >= 0.3 is 5.92 Å². The maximum Gasteiger partial charge on any atom is 0.314 e. The molecular formula is C7H4F4. The van der Waals surface area contributed by atoms with Crippen LogP contribution in [0, 0.1) is 5.92 Å². The van der Waals surface area contributed by atoms with Gasteiger partial charge in [0.25, 0.3) is 0 Å². The molecule has 1 atom stereocenters. The molecule has 0 aromatic heterocycles. The Balaban J connectivity index is 2.99. The second kappa shape index (κ2) is 2.24. The summed E-state index contributed by atoms with van der Waals surface area (Å²) in [5.74, 6) is -8.91. The fourth-order valence-electron chi connectivity index (χ4n) is 0.809. The van der Waals surface area contributed by atoms with E-state index in [-0.39, 0.29) is 0 Å². The van der Waals surface area contributed by atoms with Crippen molar-refractivity contribution in [3.05, 3.63) is 30.0 Å². The van der Waals surface area contributed by atoms with Crippen molar-refractivity contribution in [1.82, 2.24) is 0 Å². The van der Waals surface area contributed by atoms with Crippen LogP contribution in [0.5, 0.6) is 0 Å². The SMILES string of the molecule is C=C=CC1C(F)=C(F)C1(F)F. The molecule has 0 N–H and O–H groups in total. The van der Waals surface area contributed by atoms with E-state index in [0.29, 0.717) is 6.08 Å². The third kappa shape index (κ3) is 0.906. The Morgan fingerprint density at radius 3 is 2.36 bits per heavy atom. The molecular weight excluding hydrogens is 160 g/mol. The second-order valence-electron chi connectivity index (χ2n) is 2.13. The van der Waals surface area contributed by atoms with Gasteiger partial charge in [0.2, 0.25) is 5.83 Å². The lowest BCUT2D eigenvalue weighted by molar-refractivity contribution is -0.0554. The van der Waals surface area contributed by atoms with Crippen LogP contribution in [0.3, 0.4) is 0 Å². The zero-order valence-corrected chi connectivity index (χ0v) is 5.37. The molecule has 0 nitrogen and oxygen atoms in total. The van der Waals surface area contributed by atoms with E-state index < -0.39 is 23.5 Å². The minimum atomic E-state index is -3.70. The molecule has 0 fully saturated rings. The topological polar surface area (TPSA) is 0 Å². The van der Waals surface area contributed by atoms with Crippen LogP contribution in [0.1, 0.15) is 0 Å². The number of allylic oxidation sites excluding steroid dienone is 3. The Labute approximate surface area is 60.5 Å². The minimum Gasteiger partial charge on any atom is -0.208 e. The van der Waals surface area contributed by atoms with Crippen molar-refractivity contribution in [3.8, 4) is 0 Å². The summed E-state index contributed by atoms with van der Waals surface area (Å²) in [4.78, 5) is 0. The minimum absolute atomic E-state index is 0.707. The molecule has 1 rings (SSSR count). The molecule has 60 valence electrons. The molecule has 0 saturated carbocycles. The van der Waals surface area contributed by atoms with Gasteiger partial charge in [-0.2, -0.15) is 8.78 Å². The maximum atomic E-state index is 12.3. The van der Waals surface area contributed by atoms with Crippen LogP contribution in [-0.4, -0.2) is 5.92 Å². The Morgan fingerprint density at radius 1 is 1.45 bits per heavy atom. The van der Waals surface area contributed by atoms with E-state index in [2.05, 4.69) is 6.58 Å². The summed E-state index contributed by atoms with van der Waals surface area (Å²) in [6.45, 7) is 2.98. The first-order valence-electron chi connectivity index (χ1n) is 2.81. The zero-order chi connectivity index (χ0) is 8.65. The molecule has 0 aromatic rings. The lowest BCUT2D eigenvalue weighted by Gasteiger charge is -2.29. The highest BCUT2D eigenvalue weighted by molar-refractivity contribution is 5.32. The number of hydrogen-bond acceptors (Lipinski definition) is 0. The summed E-state index contributed by atoms with van der Waals surface area (Å²) in [6, 6.07) is 0. The fourth-order valence-corrected chi connectivity index (χ4v) is 0.809. The van der Waals surface area contributed by atoms with E-state index in [9.17, 15) is 17.6 Å². The predicted octanol–water partition coefficient (Wildman–Crippen LogP) is 2.74. The molecule has 0 heterocycles. The molecule has 4 heteroatoms. The molecule has 0 bridgehead atoms. The molecule has 0 amide bonds. The largest absolute Gasteiger partial charge is 0.314 e. The van der Waals surface area contributed by atoms with Gasteiger partial charge in [0.15, 0.2) is 5.83 Å². The maximum absolute atomic E-state index is 12.3. The Bertz CT molecular complexity index is 258. The molecule has 11 heavy (non-hydrogen) atoms. The summed E-state index contributed by atoms with van der Waals surface area (Å²) < 4.78 is 48.7. The van der Waals surface area contributed by atoms with Crippen LogP contribution in [0.25, 0.3) is 0 Å². The Hall–Kier alpha value is -1.02. The van der Waals surface area contributed by atoms with Crippen LogP contribution in [0.2, 0.25) is 0 Å². The second-order valence-corrected chi connectivity index (χ2v) is 2.13. The van der Waals surface area contributed by atoms with E-state index in [1.165, 1.54) is 0 Å². The molecule has 0 radical (unpaired) electrons. The van der Waals surface area contributed by atoms with E-state index in [1.807, 2.05) is 5.73 Å². The quantitative estimate of drug-likeness (QED) is 0.413. The first-order chi connectivity index (χ1) is 5.01. The van der Waals surface area contributed by atoms with Crippen molar-refractivity contribution in [2.24, 2.45) is 5.92 Å². The third-order valence-electron chi connectivity index (χ3n) is 1.45. The van der Waals surface area contributed by atoms with Crippen LogP contribution in [0.15, 0.2) is 30.0 Å². The number of rotatable bonds is 1. The van der Waals surface area contributed by atoms with Gasteiger partial charge in [0.1, 0.15) is 5.92 Å². The molecule has 1 aliphatic carbocycles. The van der Waals surface area contributed by atoms with Crippen LogP contribution >= 0.6 is 0 Å². The van der Waals surface area contributed by atoms with Gasteiger partial charge in [-0.15, -0.1) is 5.73 Å². The van der Waals surface area contributed by atoms with E-state index in [0.717, 1.165) is 0 Å². The molecule has 0 aromatic carbocycles. The van der Waals surface area contributed by atoms with Crippen molar-refractivity contribution in [2.75, 3.05) is 0 Å². The predicted molar refractivity (Wildman–Crippen MR) is 31.4 cm³/mol. The van der Waals surface area contributed by atoms with Gasteiger partial charge in [-0.05, 0) is 6.08 Å². The van der Waals surface area contributed by atoms with Gasteiger partial charge in [-0.1, -0.05) is 6.58 Å². The first kappa shape index (κ1) is 8.08. The zero-order valence-electron chi connectivity index (χ0n) is 5.37. The standard InChI is InChI=1S/C7H4F4/c1-2-3-4-5(8)6(9)7(4,10)11/h3-4H,1H2. The van der Waals surface area contributed by atoms with Crippen molar-refractivity contribution in [3.63, 3.8) is 0 Å². The number of halogens is 4. The molecule has 0 aliphatic heterocycles. The van der Waals surface area contributed by atoms with E-state index >= 15 is 0 Å². The summed E-state index contributed by atoms with van der Waals surface area (Å²) in [6.07, 6.45) is 0.707. The first-order valence-corrected chi connectivity index (χ1v) is 2.81. The van der Waals surface area contributed by atoms with Gasteiger partial charge < -0.3 is 0 Å². The lowest BCUT2D eigenvalue weighted by Crippen LogP contribution is -2.38. The highest BCUT2D eigenvalue weighted by Gasteiger charge is 2.57. The van der Waals surface area contributed by atoms with Crippen molar-refractivity contribution in [1.29, 1.82) is 0 Å². The molecule has 1 unspecified atom stereocenters. The van der Waals surface area contributed by atoms with E-state index in [4.69, 9.17) is 0 Å². The highest BCUT2D eigenvalue weighted by atomic mass is 19.3. The third-order valence-corrected chi connectivity index (χ3v) is 1.45. The summed E-state index contributed by atoms with van der Waals surface area (Å²) in [7, 11) is 0. The van der Waals surface area contributed by atoms with Crippen molar-refractivity contribution < 1.29 is 17.6 Å². The molecule has 1 aliphatic rings. The molecule has 0 spiro atoms. The van der Waals surface area contributed by atoms with Gasteiger partial charge in [-0.3, -0.25) is 0 Å². The monoisotopic (exact) mass is 164 g/mol. The van der Waals surface area contributed by atoms with Gasteiger partial charge in [-0.25, -0.2) is 8.78 Å². The normalized spacial score (nSPS) is 27.5. The highest BCUT2D eigenvalue weighted by Crippen LogP contribution is 2.50. The van der Waals surface area contributed by atoms with Crippen molar-refractivity contribution >= 4 is 0 Å². The Kier molecular flexibility index (Phi) is 1.64. The van der Waals surface area contributed by atoms with E-state index in [1.54, 1.807) is 0 Å². The van der Waals surface area contributed by atoms with Gasteiger partial charge in [0, 0.05) is 0 Å². The molecule has 0 saturated heterocycles. The van der Waals surface area contributed by atoms with Crippen LogP contribution in [-0.2, 0) is 0 Å². The average molecular weight is 164 g/mol. The number of alkyl halides is 2. The number of hydrogen-bond donors (Lipinski definition) is 0. The van der Waals surface area contributed by atoms with Crippen molar-refractivity contribution in [2.45, 2.75) is 5.92 Å². The fraction of sp³-hybridized carbons (Fsp3) is 0.286. The van der Waals surface area contributed by atoms with Crippen LogP contribution < -0.4 is 0 Å². The Morgan fingerprint density at radius 2 is 2.00 bits per heavy atom. The average Bonchev–Trinajstić information content (AvgIpc) is 1.98. The smallest absolute Gasteiger partial charge is 0.208 e. The summed E-state index contributed by atoms with van der Waals surface area (Å²) >= 11 is 0. The lowest BCUT2D eigenvalue weighted by atomic mass is 9.87. The summed E-state index contributed by atoms with van der Waals surface area (Å²) in [5, 5.41) is 0. The van der Waals surface area contributed by atoms with Gasteiger partial charge in [0.05, 0.1) is 0 Å². The summed E-state index contributed by atoms with van der Waals surface area (Å²) in [5.41, 5.74) is 1.98. The van der Waals surface area contributed by atoms with Crippen LogP contribution in [0.4, 0.5) is 17.6 Å².